The van der Waals surface area contributed by atoms with Gasteiger partial charge < -0.3 is 19.6 Å². The van der Waals surface area contributed by atoms with Crippen molar-refractivity contribution < 1.29 is 22.8 Å². The number of benzene rings is 1. The summed E-state index contributed by atoms with van der Waals surface area (Å²) >= 11 is 0. The second-order valence-electron chi connectivity index (χ2n) is 9.93. The van der Waals surface area contributed by atoms with E-state index in [2.05, 4.69) is 9.97 Å². The molecular weight excluding hydrogens is 499 g/mol. The number of hydrogen-bond acceptors (Lipinski definition) is 7. The molecule has 3 aromatic rings. The zero-order valence-electron chi connectivity index (χ0n) is 21.4. The Kier molecular flexibility index (Phi) is 6.58. The van der Waals surface area contributed by atoms with Crippen molar-refractivity contribution in [3.05, 3.63) is 53.5 Å². The SMILES string of the molecule is CC(C)N1Cc2c(nc(N3CCN(CC(F)(F)F)C(=O)C3)nc2N(C)Cc2cc3ccccc3cn2)C1=O. The summed E-state index contributed by atoms with van der Waals surface area (Å²) in [5.41, 5.74) is 1.74. The summed E-state index contributed by atoms with van der Waals surface area (Å²) in [5.74, 6) is -0.222. The highest BCUT2D eigenvalue weighted by atomic mass is 19.4. The summed E-state index contributed by atoms with van der Waals surface area (Å²) in [6, 6.07) is 9.84. The van der Waals surface area contributed by atoms with Crippen LogP contribution in [0.5, 0.6) is 0 Å². The molecule has 1 aromatic carbocycles. The third-order valence-corrected chi connectivity index (χ3v) is 6.81. The number of amides is 2. The molecule has 4 heterocycles. The number of hydrogen-bond donors (Lipinski definition) is 0. The molecule has 0 unspecified atom stereocenters. The van der Waals surface area contributed by atoms with Gasteiger partial charge in [-0.1, -0.05) is 24.3 Å². The van der Waals surface area contributed by atoms with E-state index in [0.717, 1.165) is 21.4 Å². The van der Waals surface area contributed by atoms with E-state index in [9.17, 15) is 22.8 Å². The fraction of sp³-hybridized carbons (Fsp3) is 0.423. The highest BCUT2D eigenvalue weighted by molar-refractivity contribution is 5.98. The van der Waals surface area contributed by atoms with Crippen LogP contribution in [0.25, 0.3) is 10.8 Å². The molecule has 2 aromatic heterocycles. The molecule has 0 spiro atoms. The third-order valence-electron chi connectivity index (χ3n) is 6.81. The van der Waals surface area contributed by atoms with E-state index in [4.69, 9.17) is 4.98 Å². The fourth-order valence-electron chi connectivity index (χ4n) is 4.83. The maximum atomic E-state index is 13.2. The van der Waals surface area contributed by atoms with Gasteiger partial charge in [-0.2, -0.15) is 18.2 Å². The van der Waals surface area contributed by atoms with Crippen molar-refractivity contribution in [2.45, 2.75) is 39.2 Å². The molecule has 1 fully saturated rings. The molecule has 9 nitrogen and oxygen atoms in total. The molecule has 2 aliphatic rings. The summed E-state index contributed by atoms with van der Waals surface area (Å²) in [7, 11) is 1.85. The molecule has 0 saturated carbocycles. The Bertz CT molecular complexity index is 1400. The Balaban J connectivity index is 1.46. The average molecular weight is 528 g/mol. The van der Waals surface area contributed by atoms with E-state index >= 15 is 0 Å². The first-order valence-electron chi connectivity index (χ1n) is 12.4. The van der Waals surface area contributed by atoms with Gasteiger partial charge in [-0.3, -0.25) is 14.6 Å². The van der Waals surface area contributed by atoms with Gasteiger partial charge in [0.15, 0.2) is 0 Å². The molecule has 12 heteroatoms. The van der Waals surface area contributed by atoms with Gasteiger partial charge in [0, 0.05) is 43.3 Å². The highest BCUT2D eigenvalue weighted by Gasteiger charge is 2.38. The van der Waals surface area contributed by atoms with Crippen LogP contribution in [-0.4, -0.2) is 82.0 Å². The number of nitrogens with zero attached hydrogens (tertiary/aromatic N) is 7. The first-order chi connectivity index (χ1) is 18.0. The van der Waals surface area contributed by atoms with Gasteiger partial charge in [0.1, 0.15) is 24.6 Å². The number of carbonyl (C=O) groups excluding carboxylic acids is 2. The average Bonchev–Trinajstić information content (AvgIpc) is 3.20. The van der Waals surface area contributed by atoms with Gasteiger partial charge in [-0.25, -0.2) is 4.98 Å². The van der Waals surface area contributed by atoms with E-state index in [1.807, 2.05) is 62.3 Å². The molecule has 0 N–H and O–H groups in total. The standard InChI is InChI=1S/C26H28F3N7O2/c1-16(2)36-13-20-22(24(36)38)31-25(34-8-9-35(21(37)14-34)15-26(27,28)29)32-23(20)33(3)12-19-10-17-6-4-5-7-18(17)11-30-19/h4-7,10-11,16H,8-9,12-15H2,1-3H3. The first-order valence-corrected chi connectivity index (χ1v) is 12.4. The normalized spacial score (nSPS) is 16.1. The van der Waals surface area contributed by atoms with Crippen molar-refractivity contribution in [2.75, 3.05) is 43.0 Å². The van der Waals surface area contributed by atoms with Crippen LogP contribution >= 0.6 is 0 Å². The molecule has 2 amide bonds. The lowest BCUT2D eigenvalue weighted by atomic mass is 10.1. The van der Waals surface area contributed by atoms with Crippen LogP contribution in [0.2, 0.25) is 0 Å². The number of piperazine rings is 1. The topological polar surface area (TPSA) is 85.8 Å². The van der Waals surface area contributed by atoms with Crippen molar-refractivity contribution in [3.8, 4) is 0 Å². The second kappa shape index (κ2) is 9.73. The van der Waals surface area contributed by atoms with Gasteiger partial charge in [0.05, 0.1) is 18.8 Å². The molecule has 0 atom stereocenters. The molecule has 0 aliphatic carbocycles. The molecule has 2 aliphatic heterocycles. The summed E-state index contributed by atoms with van der Waals surface area (Å²) in [4.78, 5) is 45.4. The van der Waals surface area contributed by atoms with E-state index in [0.29, 0.717) is 24.5 Å². The first kappa shape index (κ1) is 25.7. The van der Waals surface area contributed by atoms with E-state index in [1.165, 1.54) is 4.90 Å². The van der Waals surface area contributed by atoms with Gasteiger partial charge in [0.25, 0.3) is 5.91 Å². The zero-order chi connectivity index (χ0) is 27.2. The van der Waals surface area contributed by atoms with Crippen molar-refractivity contribution in [1.29, 1.82) is 0 Å². The van der Waals surface area contributed by atoms with E-state index < -0.39 is 18.6 Å². The highest BCUT2D eigenvalue weighted by Crippen LogP contribution is 2.33. The van der Waals surface area contributed by atoms with Crippen LogP contribution < -0.4 is 9.80 Å². The van der Waals surface area contributed by atoms with E-state index in [-0.39, 0.29) is 43.2 Å². The minimum absolute atomic E-state index is 0.0621. The number of alkyl halides is 3. The van der Waals surface area contributed by atoms with Crippen LogP contribution in [0.4, 0.5) is 24.9 Å². The van der Waals surface area contributed by atoms with Crippen molar-refractivity contribution in [1.82, 2.24) is 24.8 Å². The van der Waals surface area contributed by atoms with Crippen molar-refractivity contribution in [2.24, 2.45) is 0 Å². The van der Waals surface area contributed by atoms with Crippen LogP contribution in [-0.2, 0) is 17.9 Å². The van der Waals surface area contributed by atoms with Gasteiger partial charge in [0.2, 0.25) is 11.9 Å². The molecule has 38 heavy (non-hydrogen) atoms. The predicted octanol–water partition coefficient (Wildman–Crippen LogP) is 3.24. The number of rotatable bonds is 6. The Morgan fingerprint density at radius 3 is 2.47 bits per heavy atom. The molecule has 200 valence electrons. The fourth-order valence-corrected chi connectivity index (χ4v) is 4.83. The number of halogens is 3. The van der Waals surface area contributed by atoms with Crippen molar-refractivity contribution >= 4 is 34.4 Å². The largest absolute Gasteiger partial charge is 0.406 e. The number of aromatic nitrogens is 3. The maximum absolute atomic E-state index is 13.2. The van der Waals surface area contributed by atoms with Crippen LogP contribution in [0.3, 0.4) is 0 Å². The lowest BCUT2D eigenvalue weighted by Gasteiger charge is -2.35. The molecule has 5 rings (SSSR count). The Morgan fingerprint density at radius 1 is 1.05 bits per heavy atom. The lowest BCUT2D eigenvalue weighted by molar-refractivity contribution is -0.161. The van der Waals surface area contributed by atoms with Crippen LogP contribution in [0.15, 0.2) is 36.5 Å². The van der Waals surface area contributed by atoms with Gasteiger partial charge in [-0.05, 0) is 25.3 Å². The molecule has 1 saturated heterocycles. The van der Waals surface area contributed by atoms with Gasteiger partial charge in [-0.15, -0.1) is 0 Å². The Labute approximate surface area is 217 Å². The summed E-state index contributed by atoms with van der Waals surface area (Å²) in [6.45, 7) is 3.00. The number of pyridine rings is 1. The maximum Gasteiger partial charge on any atom is 0.406 e. The van der Waals surface area contributed by atoms with Crippen LogP contribution in [0.1, 0.15) is 35.6 Å². The summed E-state index contributed by atoms with van der Waals surface area (Å²) < 4.78 is 38.6. The second-order valence-corrected chi connectivity index (χ2v) is 9.93. The minimum Gasteiger partial charge on any atom is -0.353 e. The monoisotopic (exact) mass is 527 g/mol. The van der Waals surface area contributed by atoms with E-state index in [1.54, 1.807) is 4.90 Å². The van der Waals surface area contributed by atoms with Crippen molar-refractivity contribution in [3.63, 3.8) is 0 Å². The lowest BCUT2D eigenvalue weighted by Crippen LogP contribution is -2.53. The zero-order valence-corrected chi connectivity index (χ0v) is 21.4. The summed E-state index contributed by atoms with van der Waals surface area (Å²) in [5, 5.41) is 2.08. The molecular formula is C26H28F3N7O2. The quantitative estimate of drug-likeness (QED) is 0.487. The Hall–Kier alpha value is -3.96. The number of carbonyl (C=O) groups is 2. The number of anilines is 2. The Morgan fingerprint density at radius 2 is 1.79 bits per heavy atom. The molecule has 0 radical (unpaired) electrons. The van der Waals surface area contributed by atoms with Gasteiger partial charge >= 0.3 is 6.18 Å². The summed E-state index contributed by atoms with van der Waals surface area (Å²) in [6.07, 6.45) is -2.66. The predicted molar refractivity (Wildman–Crippen MR) is 136 cm³/mol. The minimum atomic E-state index is -4.47. The smallest absolute Gasteiger partial charge is 0.353 e. The number of fused-ring (bicyclic) bond motifs is 2. The molecule has 0 bridgehead atoms. The van der Waals surface area contributed by atoms with Crippen LogP contribution in [0, 0.1) is 0 Å². The third kappa shape index (κ3) is 5.07.